The molecule has 1 heterocycles. The van der Waals surface area contributed by atoms with Crippen LogP contribution in [0.25, 0.3) is 0 Å². The first-order valence-electron chi connectivity index (χ1n) is 8.69. The number of carbonyl (C=O) groups is 2. The summed E-state index contributed by atoms with van der Waals surface area (Å²) in [5, 5.41) is 53.8. The molecular formula is C18H24NNaO9. The van der Waals surface area contributed by atoms with E-state index in [1.807, 2.05) is 0 Å². The minimum atomic E-state index is -2.44. The monoisotopic (exact) mass is 421 g/mol. The number of aliphatic hydroxyl groups excluding tert-OH is 4. The summed E-state index contributed by atoms with van der Waals surface area (Å²) >= 11 is 0. The molecule has 5 N–H and O–H groups in total. The maximum absolute atomic E-state index is 11.8. The zero-order valence-electron chi connectivity index (χ0n) is 16.2. The quantitative estimate of drug-likeness (QED) is 0.257. The van der Waals surface area contributed by atoms with Crippen LogP contribution in [-0.2, 0) is 25.7 Å². The van der Waals surface area contributed by atoms with Gasteiger partial charge in [0.25, 0.3) is 0 Å². The molecule has 11 heteroatoms. The van der Waals surface area contributed by atoms with E-state index < -0.39 is 61.1 Å². The SMILES string of the molecule is CC(=O)N[C@H]1[C@H]([C@@H](O)[C@H](O)CO)O[C@](OCc2ccccc2)(C(=O)[O-])C[C@@H]1O.[Na+]. The number of hydrogen-bond acceptors (Lipinski definition) is 9. The van der Waals surface area contributed by atoms with E-state index in [-0.39, 0.29) is 36.2 Å². The van der Waals surface area contributed by atoms with Crippen LogP contribution in [0.15, 0.2) is 30.3 Å². The van der Waals surface area contributed by atoms with Gasteiger partial charge >= 0.3 is 29.6 Å². The van der Waals surface area contributed by atoms with Crippen molar-refractivity contribution in [1.29, 1.82) is 0 Å². The third kappa shape index (κ3) is 6.45. The van der Waals surface area contributed by atoms with Gasteiger partial charge in [0.15, 0.2) is 0 Å². The van der Waals surface area contributed by atoms with Gasteiger partial charge in [0.05, 0.1) is 25.4 Å². The molecule has 0 spiro atoms. The van der Waals surface area contributed by atoms with Gasteiger partial charge in [-0.3, -0.25) is 4.79 Å². The molecule has 0 aliphatic carbocycles. The molecule has 0 unspecified atom stereocenters. The average molecular weight is 421 g/mol. The van der Waals surface area contributed by atoms with E-state index in [2.05, 4.69) is 5.32 Å². The van der Waals surface area contributed by atoms with Crippen LogP contribution in [0.1, 0.15) is 18.9 Å². The second-order valence-corrected chi connectivity index (χ2v) is 6.64. The van der Waals surface area contributed by atoms with E-state index in [0.29, 0.717) is 5.56 Å². The number of carboxylic acid groups (broad SMARTS) is 1. The molecule has 29 heavy (non-hydrogen) atoms. The van der Waals surface area contributed by atoms with Gasteiger partial charge in [0, 0.05) is 13.3 Å². The molecule has 0 aromatic heterocycles. The van der Waals surface area contributed by atoms with E-state index in [1.54, 1.807) is 30.3 Å². The molecule has 1 aliphatic heterocycles. The van der Waals surface area contributed by atoms with E-state index in [0.717, 1.165) is 6.92 Å². The third-order valence-corrected chi connectivity index (χ3v) is 4.49. The molecule has 1 amide bonds. The molecule has 0 saturated carbocycles. The Morgan fingerprint density at radius 2 is 1.97 bits per heavy atom. The van der Waals surface area contributed by atoms with Crippen LogP contribution in [0.5, 0.6) is 0 Å². The summed E-state index contributed by atoms with van der Waals surface area (Å²) in [5.41, 5.74) is 0.623. The van der Waals surface area contributed by atoms with Crippen molar-refractivity contribution in [3.05, 3.63) is 35.9 Å². The summed E-state index contributed by atoms with van der Waals surface area (Å²) in [4.78, 5) is 23.3. The predicted molar refractivity (Wildman–Crippen MR) is 91.2 cm³/mol. The van der Waals surface area contributed by atoms with Crippen LogP contribution in [0.3, 0.4) is 0 Å². The first kappa shape index (κ1) is 26.0. The fourth-order valence-electron chi connectivity index (χ4n) is 3.04. The number of aliphatic hydroxyl groups is 4. The minimum Gasteiger partial charge on any atom is -0.544 e. The number of rotatable bonds is 8. The first-order valence-corrected chi connectivity index (χ1v) is 8.69. The van der Waals surface area contributed by atoms with Crippen LogP contribution in [0.4, 0.5) is 0 Å². The van der Waals surface area contributed by atoms with Crippen molar-refractivity contribution in [2.24, 2.45) is 0 Å². The van der Waals surface area contributed by atoms with Gasteiger partial charge in [0.1, 0.15) is 24.3 Å². The number of nitrogens with one attached hydrogen (secondary N) is 1. The van der Waals surface area contributed by atoms with Gasteiger partial charge in [0.2, 0.25) is 11.7 Å². The van der Waals surface area contributed by atoms with Crippen molar-refractivity contribution in [3.8, 4) is 0 Å². The summed E-state index contributed by atoms with van der Waals surface area (Å²) in [6, 6.07) is 7.32. The van der Waals surface area contributed by atoms with E-state index in [4.69, 9.17) is 14.6 Å². The van der Waals surface area contributed by atoms with E-state index >= 15 is 0 Å². The normalized spacial score (nSPS) is 28.7. The average Bonchev–Trinajstić information content (AvgIpc) is 2.67. The number of amides is 1. The third-order valence-electron chi connectivity index (χ3n) is 4.49. The second kappa shape index (κ2) is 11.3. The van der Waals surface area contributed by atoms with Gasteiger partial charge in [-0.05, 0) is 5.56 Å². The summed E-state index contributed by atoms with van der Waals surface area (Å²) in [5.74, 6) is -4.81. The molecular weight excluding hydrogens is 397 g/mol. The molecule has 0 bridgehead atoms. The van der Waals surface area contributed by atoms with Crippen LogP contribution in [-0.4, -0.2) is 75.2 Å². The molecule has 1 aromatic rings. The van der Waals surface area contributed by atoms with Gasteiger partial charge < -0.3 is 45.1 Å². The van der Waals surface area contributed by atoms with Crippen molar-refractivity contribution < 1.29 is 74.2 Å². The smallest absolute Gasteiger partial charge is 0.544 e. The molecule has 156 valence electrons. The van der Waals surface area contributed by atoms with Gasteiger partial charge in [-0.25, -0.2) is 0 Å². The fraction of sp³-hybridized carbons (Fsp3) is 0.556. The second-order valence-electron chi connectivity index (χ2n) is 6.64. The molecule has 1 saturated heterocycles. The van der Waals surface area contributed by atoms with Crippen molar-refractivity contribution in [2.45, 2.75) is 56.2 Å². The maximum Gasteiger partial charge on any atom is 1.00 e. The van der Waals surface area contributed by atoms with Crippen LogP contribution in [0, 0.1) is 0 Å². The largest absolute Gasteiger partial charge is 1.00 e. The summed E-state index contributed by atoms with van der Waals surface area (Å²) < 4.78 is 10.9. The van der Waals surface area contributed by atoms with Gasteiger partial charge in [-0.2, -0.15) is 0 Å². The molecule has 2 rings (SSSR count). The number of carboxylic acids is 1. The standard InChI is InChI=1S/C18H25NO9.Na/c1-10(21)19-14-12(22)7-18(17(25)26,27-9-11-5-3-2-4-6-11)28-16(14)15(24)13(23)8-20;/h2-6,12-16,20,22-24H,7-9H2,1H3,(H,19,21)(H,25,26);/q;+1/p-1/t12-,13+,14+,15-,16+,18-;/m0./s1. The Kier molecular flexibility index (Phi) is 10.2. The van der Waals surface area contributed by atoms with E-state index in [1.165, 1.54) is 0 Å². The molecule has 10 nitrogen and oxygen atoms in total. The number of benzene rings is 1. The van der Waals surface area contributed by atoms with Crippen LogP contribution >= 0.6 is 0 Å². The Morgan fingerprint density at radius 1 is 1.34 bits per heavy atom. The zero-order chi connectivity index (χ0) is 20.9. The predicted octanol–water partition coefficient (Wildman–Crippen LogP) is -5.98. The first-order chi connectivity index (χ1) is 13.2. The van der Waals surface area contributed by atoms with Crippen molar-refractivity contribution >= 4 is 11.9 Å². The van der Waals surface area contributed by atoms with Crippen molar-refractivity contribution in [2.75, 3.05) is 6.61 Å². The Morgan fingerprint density at radius 3 is 2.48 bits per heavy atom. The molecule has 1 fully saturated rings. The summed E-state index contributed by atoms with van der Waals surface area (Å²) in [6.07, 6.45) is -7.22. The van der Waals surface area contributed by atoms with Crippen LogP contribution < -0.4 is 40.0 Å². The number of hydrogen-bond donors (Lipinski definition) is 5. The zero-order valence-corrected chi connectivity index (χ0v) is 18.2. The number of aliphatic carboxylic acids is 1. The molecule has 6 atom stereocenters. The number of carbonyl (C=O) groups excluding carboxylic acids is 2. The Hall–Kier alpha value is -1.08. The van der Waals surface area contributed by atoms with E-state index in [9.17, 15) is 30.0 Å². The molecule has 0 radical (unpaired) electrons. The van der Waals surface area contributed by atoms with Crippen LogP contribution in [0.2, 0.25) is 0 Å². The number of ether oxygens (including phenoxy) is 2. The maximum atomic E-state index is 11.8. The van der Waals surface area contributed by atoms with Crippen molar-refractivity contribution in [1.82, 2.24) is 5.32 Å². The van der Waals surface area contributed by atoms with Crippen molar-refractivity contribution in [3.63, 3.8) is 0 Å². The topological polar surface area (TPSA) is 169 Å². The molecule has 1 aliphatic rings. The minimum absolute atomic E-state index is 0. The Labute approximate surface area is 189 Å². The summed E-state index contributed by atoms with van der Waals surface area (Å²) in [7, 11) is 0. The fourth-order valence-corrected chi connectivity index (χ4v) is 3.04. The molecule has 1 aromatic carbocycles. The Balaban J connectivity index is 0.00000420. The summed E-state index contributed by atoms with van der Waals surface area (Å²) in [6.45, 7) is 0.107. The van der Waals surface area contributed by atoms with Gasteiger partial charge in [-0.1, -0.05) is 30.3 Å². The van der Waals surface area contributed by atoms with Gasteiger partial charge in [-0.15, -0.1) is 0 Å². The Bertz CT molecular complexity index is 677.